The predicted molar refractivity (Wildman–Crippen MR) is 79.7 cm³/mol. The van der Waals surface area contributed by atoms with Crippen molar-refractivity contribution in [2.24, 2.45) is 0 Å². The van der Waals surface area contributed by atoms with E-state index >= 15 is 0 Å². The average Bonchev–Trinajstić information content (AvgIpc) is 2.39. The van der Waals surface area contributed by atoms with Gasteiger partial charge in [-0.25, -0.2) is 0 Å². The van der Waals surface area contributed by atoms with E-state index in [1.54, 1.807) is 0 Å². The lowest BCUT2D eigenvalue weighted by Crippen LogP contribution is -2.46. The summed E-state index contributed by atoms with van der Waals surface area (Å²) in [7, 11) is -2.51. The summed E-state index contributed by atoms with van der Waals surface area (Å²) < 4.78 is 17.3. The molecule has 0 heterocycles. The van der Waals surface area contributed by atoms with Gasteiger partial charge in [-0.05, 0) is 33.7 Å². The molecule has 0 rings (SSSR count). The molecule has 0 bridgehead atoms. The van der Waals surface area contributed by atoms with Gasteiger partial charge in [-0.15, -0.1) is 11.6 Å². The number of hydrogen-bond acceptors (Lipinski definition) is 5. The summed E-state index contributed by atoms with van der Waals surface area (Å²) in [4.78, 5) is 0. The molecule has 0 radical (unpaired) electrons. The Labute approximate surface area is 122 Å². The van der Waals surface area contributed by atoms with Crippen molar-refractivity contribution >= 4 is 20.4 Å². The molecule has 2 N–H and O–H groups in total. The van der Waals surface area contributed by atoms with Gasteiger partial charge in [0, 0.05) is 38.3 Å². The number of hydrogen-bond donors (Lipinski definition) is 2. The van der Waals surface area contributed by atoms with E-state index in [9.17, 15) is 5.11 Å². The van der Waals surface area contributed by atoms with Gasteiger partial charge in [-0.3, -0.25) is 0 Å². The maximum atomic E-state index is 9.31. The molecule has 0 saturated heterocycles. The lowest BCUT2D eigenvalue weighted by molar-refractivity contribution is 0.0708. The highest BCUT2D eigenvalue weighted by molar-refractivity contribution is 6.60. The van der Waals surface area contributed by atoms with E-state index in [4.69, 9.17) is 24.9 Å². The van der Waals surface area contributed by atoms with E-state index in [-0.39, 0.29) is 5.88 Å². The Morgan fingerprint density at radius 2 is 1.63 bits per heavy atom. The number of rotatable bonds is 13. The zero-order valence-electron chi connectivity index (χ0n) is 12.3. The van der Waals surface area contributed by atoms with Crippen molar-refractivity contribution in [1.29, 1.82) is 0 Å². The Morgan fingerprint density at radius 3 is 2.05 bits per heavy atom. The van der Waals surface area contributed by atoms with Crippen LogP contribution in [-0.2, 0) is 13.3 Å². The molecule has 0 aliphatic carbocycles. The van der Waals surface area contributed by atoms with Crippen LogP contribution in [0.4, 0.5) is 0 Å². The zero-order valence-corrected chi connectivity index (χ0v) is 14.0. The van der Waals surface area contributed by atoms with Crippen molar-refractivity contribution in [3.05, 3.63) is 0 Å². The topological polar surface area (TPSA) is 60.0 Å². The van der Waals surface area contributed by atoms with E-state index in [2.05, 4.69) is 5.32 Å². The maximum Gasteiger partial charge on any atom is 0.500 e. The second-order valence-electron chi connectivity index (χ2n) is 4.10. The van der Waals surface area contributed by atoms with E-state index in [0.717, 1.165) is 19.0 Å². The van der Waals surface area contributed by atoms with Gasteiger partial charge in [0.05, 0.1) is 6.10 Å². The molecule has 0 saturated carbocycles. The number of alkyl halides is 1. The smallest absolute Gasteiger partial charge is 0.391 e. The molecule has 5 nitrogen and oxygen atoms in total. The first kappa shape index (κ1) is 19.3. The van der Waals surface area contributed by atoms with Gasteiger partial charge in [0.2, 0.25) is 0 Å². The van der Waals surface area contributed by atoms with Crippen LogP contribution < -0.4 is 5.32 Å². The fourth-order valence-corrected chi connectivity index (χ4v) is 4.48. The minimum atomic E-state index is -2.51. The van der Waals surface area contributed by atoms with Crippen LogP contribution in [0.3, 0.4) is 0 Å². The van der Waals surface area contributed by atoms with E-state index in [1.165, 1.54) is 0 Å². The van der Waals surface area contributed by atoms with E-state index < -0.39 is 14.9 Å². The van der Waals surface area contributed by atoms with Crippen LogP contribution in [0.25, 0.3) is 0 Å². The van der Waals surface area contributed by atoms with Crippen molar-refractivity contribution < 1.29 is 18.4 Å². The fourth-order valence-electron chi connectivity index (χ4n) is 1.75. The molecule has 0 aromatic heterocycles. The monoisotopic (exact) mass is 313 g/mol. The summed E-state index contributed by atoms with van der Waals surface area (Å²) in [6, 6.07) is 0.784. The summed E-state index contributed by atoms with van der Waals surface area (Å²) >= 11 is 5.52. The van der Waals surface area contributed by atoms with Crippen molar-refractivity contribution in [2.75, 3.05) is 38.8 Å². The largest absolute Gasteiger partial charge is 0.500 e. The number of aliphatic hydroxyl groups is 1. The summed E-state index contributed by atoms with van der Waals surface area (Å²) in [6.45, 7) is 8.96. The highest BCUT2D eigenvalue weighted by atomic mass is 35.5. The second kappa shape index (κ2) is 12.1. The maximum absolute atomic E-state index is 9.31. The minimum absolute atomic E-state index is 0.253. The van der Waals surface area contributed by atoms with Crippen molar-refractivity contribution in [1.82, 2.24) is 5.32 Å². The van der Waals surface area contributed by atoms with Crippen LogP contribution in [0.2, 0.25) is 6.04 Å². The first-order valence-electron chi connectivity index (χ1n) is 7.00. The SMILES string of the molecule is CCO[Si](CCCNCC(O)CCl)(OCC)OCC. The number of nitrogens with one attached hydrogen (secondary N) is 1. The molecule has 116 valence electrons. The average molecular weight is 314 g/mol. The Hall–Kier alpha value is 0.307. The summed E-state index contributed by atoms with van der Waals surface area (Å²) in [6.07, 6.45) is 0.399. The first-order valence-corrected chi connectivity index (χ1v) is 9.47. The van der Waals surface area contributed by atoms with Crippen LogP contribution in [0, 0.1) is 0 Å². The molecule has 0 aliphatic heterocycles. The Balaban J connectivity index is 4.03. The zero-order chi connectivity index (χ0) is 14.6. The van der Waals surface area contributed by atoms with Crippen molar-refractivity contribution in [3.63, 3.8) is 0 Å². The standard InChI is InChI=1S/C12H28ClNO4Si/c1-4-16-19(17-5-2,18-6-3)9-7-8-14-11-12(15)10-13/h12,14-15H,4-11H2,1-3H3. The van der Waals surface area contributed by atoms with Crippen LogP contribution in [0.15, 0.2) is 0 Å². The summed E-state index contributed by atoms with van der Waals surface area (Å²) in [5, 5.41) is 12.5. The third kappa shape index (κ3) is 8.96. The van der Waals surface area contributed by atoms with Crippen molar-refractivity contribution in [3.8, 4) is 0 Å². The number of halogens is 1. The highest BCUT2D eigenvalue weighted by Gasteiger charge is 2.39. The van der Waals surface area contributed by atoms with Gasteiger partial charge in [-0.1, -0.05) is 0 Å². The van der Waals surface area contributed by atoms with Gasteiger partial charge in [0.15, 0.2) is 0 Å². The summed E-state index contributed by atoms with van der Waals surface area (Å²) in [5.74, 6) is 0.253. The molecule has 1 atom stereocenters. The molecule has 0 spiro atoms. The molecule has 19 heavy (non-hydrogen) atoms. The van der Waals surface area contributed by atoms with Crippen LogP contribution in [0.1, 0.15) is 27.2 Å². The van der Waals surface area contributed by atoms with Crippen LogP contribution >= 0.6 is 11.6 Å². The van der Waals surface area contributed by atoms with Gasteiger partial charge >= 0.3 is 8.80 Å². The summed E-state index contributed by atoms with van der Waals surface area (Å²) in [5.41, 5.74) is 0. The normalized spacial score (nSPS) is 13.7. The molecule has 0 aromatic rings. The molecular formula is C12H28ClNO4Si. The van der Waals surface area contributed by atoms with Crippen LogP contribution in [0.5, 0.6) is 0 Å². The lowest BCUT2D eigenvalue weighted by atomic mass is 10.4. The van der Waals surface area contributed by atoms with E-state index in [0.29, 0.717) is 26.4 Å². The second-order valence-corrected chi connectivity index (χ2v) is 7.14. The van der Waals surface area contributed by atoms with Crippen molar-refractivity contribution in [2.45, 2.75) is 39.3 Å². The third-order valence-corrected chi connectivity index (χ3v) is 6.00. The molecule has 1 unspecified atom stereocenters. The minimum Gasteiger partial charge on any atom is -0.391 e. The van der Waals surface area contributed by atoms with Gasteiger partial charge in [-0.2, -0.15) is 0 Å². The Morgan fingerprint density at radius 1 is 1.11 bits per heavy atom. The van der Waals surface area contributed by atoms with Crippen LogP contribution in [-0.4, -0.2) is 58.8 Å². The van der Waals surface area contributed by atoms with Gasteiger partial charge < -0.3 is 23.7 Å². The fraction of sp³-hybridized carbons (Fsp3) is 1.00. The first-order chi connectivity index (χ1) is 9.14. The molecule has 0 fully saturated rings. The molecule has 0 aliphatic rings. The highest BCUT2D eigenvalue weighted by Crippen LogP contribution is 2.17. The van der Waals surface area contributed by atoms with Gasteiger partial charge in [0.25, 0.3) is 0 Å². The molecular weight excluding hydrogens is 286 g/mol. The third-order valence-electron chi connectivity index (χ3n) is 2.49. The molecule has 0 aromatic carbocycles. The quantitative estimate of drug-likeness (QED) is 0.307. The predicted octanol–water partition coefficient (Wildman–Crippen LogP) is 1.61. The Bertz CT molecular complexity index is 195. The van der Waals surface area contributed by atoms with Gasteiger partial charge in [0.1, 0.15) is 0 Å². The molecule has 7 heteroatoms. The van der Waals surface area contributed by atoms with E-state index in [1.807, 2.05) is 20.8 Å². The number of aliphatic hydroxyl groups excluding tert-OH is 1. The Kier molecular flexibility index (Phi) is 12.3. The molecule has 0 amide bonds. The lowest BCUT2D eigenvalue weighted by Gasteiger charge is -2.28.